The number of hydrogen-bond acceptors (Lipinski definition) is 6. The standard InChI is InChI=1S/C19H31N5O2/c1-5-19(6-2)12-26-10-9-24(19)18(25)16-21-14(4)13(3)17(22-16)23-8-7-15(20)11-23/h15H,5-12,20H2,1-4H3/t15-/m1/s1. The maximum Gasteiger partial charge on any atom is 0.292 e. The van der Waals surface area contributed by atoms with Crippen LogP contribution in [0, 0.1) is 13.8 Å². The first-order chi connectivity index (χ1) is 12.4. The number of nitrogens with two attached hydrogens (primary N) is 1. The van der Waals surface area contributed by atoms with Gasteiger partial charge in [0.2, 0.25) is 5.82 Å². The van der Waals surface area contributed by atoms with Crippen LogP contribution >= 0.6 is 0 Å². The highest BCUT2D eigenvalue weighted by molar-refractivity contribution is 5.91. The van der Waals surface area contributed by atoms with Crippen molar-refractivity contribution in [3.05, 3.63) is 17.1 Å². The van der Waals surface area contributed by atoms with E-state index in [4.69, 9.17) is 10.5 Å². The largest absolute Gasteiger partial charge is 0.377 e. The molecule has 0 bridgehead atoms. The second-order valence-corrected chi connectivity index (χ2v) is 7.52. The molecule has 1 amide bonds. The van der Waals surface area contributed by atoms with Gasteiger partial charge in [0.15, 0.2) is 0 Å². The Kier molecular flexibility index (Phi) is 5.48. The van der Waals surface area contributed by atoms with Crippen LogP contribution < -0.4 is 10.6 Å². The van der Waals surface area contributed by atoms with E-state index in [0.717, 1.165) is 49.4 Å². The SMILES string of the molecule is CCC1(CC)COCCN1C(=O)c1nc(C)c(C)c(N2CC[C@@H](N)C2)n1. The van der Waals surface area contributed by atoms with E-state index in [2.05, 4.69) is 28.7 Å². The second-order valence-electron chi connectivity index (χ2n) is 7.52. The molecule has 3 heterocycles. The highest BCUT2D eigenvalue weighted by Gasteiger charge is 2.41. The molecule has 3 rings (SSSR count). The Morgan fingerprint density at radius 3 is 2.62 bits per heavy atom. The Balaban J connectivity index is 1.95. The first kappa shape index (κ1) is 19.0. The van der Waals surface area contributed by atoms with Crippen LogP contribution in [0.5, 0.6) is 0 Å². The molecule has 0 unspecified atom stereocenters. The van der Waals surface area contributed by atoms with Gasteiger partial charge in [0.1, 0.15) is 5.82 Å². The lowest BCUT2D eigenvalue weighted by molar-refractivity contribution is -0.0570. The van der Waals surface area contributed by atoms with E-state index in [1.54, 1.807) is 0 Å². The Morgan fingerprint density at radius 2 is 2.00 bits per heavy atom. The van der Waals surface area contributed by atoms with Gasteiger partial charge in [-0.15, -0.1) is 0 Å². The van der Waals surface area contributed by atoms with Gasteiger partial charge < -0.3 is 20.3 Å². The summed E-state index contributed by atoms with van der Waals surface area (Å²) in [5.74, 6) is 1.04. The Morgan fingerprint density at radius 1 is 1.27 bits per heavy atom. The van der Waals surface area contributed by atoms with Crippen molar-refractivity contribution in [1.29, 1.82) is 0 Å². The number of morpholine rings is 1. The van der Waals surface area contributed by atoms with Gasteiger partial charge in [-0.05, 0) is 33.1 Å². The maximum atomic E-state index is 13.3. The first-order valence-corrected chi connectivity index (χ1v) is 9.67. The van der Waals surface area contributed by atoms with E-state index in [0.29, 0.717) is 19.8 Å². The van der Waals surface area contributed by atoms with Crippen LogP contribution in [0.15, 0.2) is 0 Å². The number of hydrogen-bond donors (Lipinski definition) is 1. The summed E-state index contributed by atoms with van der Waals surface area (Å²) in [5.41, 5.74) is 7.67. The molecular formula is C19H31N5O2. The molecule has 2 fully saturated rings. The summed E-state index contributed by atoms with van der Waals surface area (Å²) in [6, 6.07) is 0.163. The van der Waals surface area contributed by atoms with Crippen molar-refractivity contribution in [2.45, 2.75) is 58.5 Å². The maximum absolute atomic E-state index is 13.3. The van der Waals surface area contributed by atoms with E-state index in [1.165, 1.54) is 0 Å². The molecule has 2 aliphatic heterocycles. The zero-order valence-electron chi connectivity index (χ0n) is 16.4. The molecule has 0 radical (unpaired) electrons. The van der Waals surface area contributed by atoms with Gasteiger partial charge in [0.05, 0.1) is 18.8 Å². The molecule has 2 saturated heterocycles. The predicted octanol–water partition coefficient (Wildman–Crippen LogP) is 1.66. The summed E-state index contributed by atoms with van der Waals surface area (Å²) in [6.45, 7) is 11.5. The Bertz CT molecular complexity index is 674. The lowest BCUT2D eigenvalue weighted by atomic mass is 9.90. The fourth-order valence-electron chi connectivity index (χ4n) is 4.00. The minimum atomic E-state index is -0.270. The zero-order chi connectivity index (χ0) is 18.9. The highest BCUT2D eigenvalue weighted by Crippen LogP contribution is 2.30. The second kappa shape index (κ2) is 7.48. The summed E-state index contributed by atoms with van der Waals surface area (Å²) in [6.07, 6.45) is 2.66. The topological polar surface area (TPSA) is 84.6 Å². The Labute approximate surface area is 155 Å². The quantitative estimate of drug-likeness (QED) is 0.878. The van der Waals surface area contributed by atoms with Gasteiger partial charge in [0, 0.05) is 36.9 Å². The number of rotatable bonds is 4. The third-order valence-electron chi connectivity index (χ3n) is 6.04. The summed E-state index contributed by atoms with van der Waals surface area (Å²) in [4.78, 5) is 26.7. The molecule has 7 nitrogen and oxygen atoms in total. The van der Waals surface area contributed by atoms with Gasteiger partial charge in [-0.3, -0.25) is 4.79 Å². The normalized spacial score (nSPS) is 22.7. The van der Waals surface area contributed by atoms with E-state index in [9.17, 15) is 4.79 Å². The molecule has 1 aromatic rings. The number of nitrogens with zero attached hydrogens (tertiary/aromatic N) is 4. The van der Waals surface area contributed by atoms with Crippen LogP contribution in [0.25, 0.3) is 0 Å². The Hall–Kier alpha value is -1.73. The number of carbonyl (C=O) groups is 1. The number of anilines is 1. The molecule has 144 valence electrons. The van der Waals surface area contributed by atoms with E-state index in [-0.39, 0.29) is 23.3 Å². The van der Waals surface area contributed by atoms with E-state index >= 15 is 0 Å². The van der Waals surface area contributed by atoms with Crippen LogP contribution in [-0.4, -0.2) is 65.2 Å². The molecule has 7 heteroatoms. The van der Waals surface area contributed by atoms with Crippen molar-refractivity contribution in [3.8, 4) is 0 Å². The monoisotopic (exact) mass is 361 g/mol. The fraction of sp³-hybridized carbons (Fsp3) is 0.737. The molecule has 0 aliphatic carbocycles. The van der Waals surface area contributed by atoms with Gasteiger partial charge in [-0.25, -0.2) is 9.97 Å². The van der Waals surface area contributed by atoms with Crippen molar-refractivity contribution in [1.82, 2.24) is 14.9 Å². The van der Waals surface area contributed by atoms with Crippen LogP contribution in [0.4, 0.5) is 5.82 Å². The van der Waals surface area contributed by atoms with E-state index in [1.807, 2.05) is 18.7 Å². The summed E-state index contributed by atoms with van der Waals surface area (Å²) in [5, 5.41) is 0. The molecule has 1 aromatic heterocycles. The average molecular weight is 361 g/mol. The van der Waals surface area contributed by atoms with Gasteiger partial charge >= 0.3 is 0 Å². The van der Waals surface area contributed by atoms with Crippen molar-refractivity contribution < 1.29 is 9.53 Å². The molecule has 0 saturated carbocycles. The smallest absolute Gasteiger partial charge is 0.292 e. The predicted molar refractivity (Wildman–Crippen MR) is 101 cm³/mol. The van der Waals surface area contributed by atoms with Gasteiger partial charge in [-0.2, -0.15) is 0 Å². The molecule has 0 aromatic carbocycles. The molecule has 2 aliphatic rings. The molecular weight excluding hydrogens is 330 g/mol. The first-order valence-electron chi connectivity index (χ1n) is 9.67. The van der Waals surface area contributed by atoms with Crippen molar-refractivity contribution in [3.63, 3.8) is 0 Å². The summed E-state index contributed by atoms with van der Waals surface area (Å²) < 4.78 is 5.69. The summed E-state index contributed by atoms with van der Waals surface area (Å²) in [7, 11) is 0. The summed E-state index contributed by atoms with van der Waals surface area (Å²) >= 11 is 0. The highest BCUT2D eigenvalue weighted by atomic mass is 16.5. The minimum Gasteiger partial charge on any atom is -0.377 e. The minimum absolute atomic E-state index is 0.0927. The number of aromatic nitrogens is 2. The fourth-order valence-corrected chi connectivity index (χ4v) is 4.00. The molecule has 1 atom stereocenters. The number of carbonyl (C=O) groups excluding carboxylic acids is 1. The third-order valence-corrected chi connectivity index (χ3v) is 6.04. The van der Waals surface area contributed by atoms with Crippen LogP contribution in [0.2, 0.25) is 0 Å². The number of ether oxygens (including phenoxy) is 1. The molecule has 0 spiro atoms. The van der Waals surface area contributed by atoms with Crippen LogP contribution in [-0.2, 0) is 4.74 Å². The van der Waals surface area contributed by atoms with E-state index < -0.39 is 0 Å². The number of aryl methyl sites for hydroxylation is 1. The number of amides is 1. The average Bonchev–Trinajstić information content (AvgIpc) is 3.09. The van der Waals surface area contributed by atoms with Crippen LogP contribution in [0.3, 0.4) is 0 Å². The zero-order valence-corrected chi connectivity index (χ0v) is 16.4. The third kappa shape index (κ3) is 3.30. The molecule has 26 heavy (non-hydrogen) atoms. The lowest BCUT2D eigenvalue weighted by Crippen LogP contribution is -2.58. The van der Waals surface area contributed by atoms with Gasteiger partial charge in [-0.1, -0.05) is 13.8 Å². The molecule has 2 N–H and O–H groups in total. The lowest BCUT2D eigenvalue weighted by Gasteiger charge is -2.46. The van der Waals surface area contributed by atoms with Crippen LogP contribution in [0.1, 0.15) is 55.0 Å². The van der Waals surface area contributed by atoms with Crippen molar-refractivity contribution in [2.75, 3.05) is 37.7 Å². The van der Waals surface area contributed by atoms with Crippen molar-refractivity contribution in [2.24, 2.45) is 5.73 Å². The van der Waals surface area contributed by atoms with Crippen molar-refractivity contribution >= 4 is 11.7 Å². The van der Waals surface area contributed by atoms with Gasteiger partial charge in [0.25, 0.3) is 5.91 Å².